The van der Waals surface area contributed by atoms with E-state index in [9.17, 15) is 4.79 Å². The fraction of sp³-hybridized carbons (Fsp3) is 0.381. The number of carbonyl (C=O) groups is 1. The van der Waals surface area contributed by atoms with E-state index < -0.39 is 6.29 Å². The van der Waals surface area contributed by atoms with Crippen molar-refractivity contribution in [3.05, 3.63) is 70.1 Å². The predicted octanol–water partition coefficient (Wildman–Crippen LogP) is 3.57. The highest BCUT2D eigenvalue weighted by Crippen LogP contribution is 2.32. The van der Waals surface area contributed by atoms with Crippen LogP contribution in [0.3, 0.4) is 0 Å². The normalized spacial score (nSPS) is 19.2. The Morgan fingerprint density at radius 1 is 1.26 bits per heavy atom. The minimum atomic E-state index is -0.462. The Morgan fingerprint density at radius 2 is 2.11 bits per heavy atom. The molecule has 0 bridgehead atoms. The summed E-state index contributed by atoms with van der Waals surface area (Å²) in [5.74, 6) is 0.161. The molecule has 0 saturated carbocycles. The highest BCUT2D eigenvalue weighted by Gasteiger charge is 2.28. The number of aliphatic hydroxyl groups is 1. The number of aliphatic hydroxyl groups excluding tert-OH is 1. The maximum Gasteiger partial charge on any atom is 0.286 e. The van der Waals surface area contributed by atoms with Gasteiger partial charge in [-0.1, -0.05) is 30.3 Å². The zero-order valence-electron chi connectivity index (χ0n) is 15.2. The molecule has 144 valence electrons. The third kappa shape index (κ3) is 5.92. The van der Waals surface area contributed by atoms with Crippen LogP contribution < -0.4 is 5.32 Å². The van der Waals surface area contributed by atoms with Crippen molar-refractivity contribution in [1.82, 2.24) is 5.32 Å². The highest BCUT2D eigenvalue weighted by atomic mass is 32.1. The van der Waals surface area contributed by atoms with Gasteiger partial charge in [-0.15, -0.1) is 0 Å². The van der Waals surface area contributed by atoms with Crippen LogP contribution in [-0.2, 0) is 20.8 Å². The molecule has 0 radical (unpaired) electrons. The third-order valence-corrected chi connectivity index (χ3v) is 5.11. The number of nitrogens with one attached hydrogen (secondary N) is 1. The van der Waals surface area contributed by atoms with Crippen LogP contribution in [0.4, 0.5) is 0 Å². The first kappa shape index (κ1) is 19.6. The average Bonchev–Trinajstić information content (AvgIpc) is 3.25. The van der Waals surface area contributed by atoms with Gasteiger partial charge in [0.15, 0.2) is 5.76 Å². The van der Waals surface area contributed by atoms with Crippen molar-refractivity contribution in [3.63, 3.8) is 0 Å². The molecule has 6 heteroatoms. The molecule has 1 aromatic carbocycles. The second-order valence-electron chi connectivity index (χ2n) is 6.45. The van der Waals surface area contributed by atoms with E-state index in [2.05, 4.69) is 16.8 Å². The van der Waals surface area contributed by atoms with E-state index in [1.807, 2.05) is 41.8 Å². The van der Waals surface area contributed by atoms with Gasteiger partial charge in [-0.05, 0) is 46.9 Å². The van der Waals surface area contributed by atoms with Gasteiger partial charge >= 0.3 is 0 Å². The fourth-order valence-corrected chi connectivity index (χ4v) is 3.66. The summed E-state index contributed by atoms with van der Waals surface area (Å²) in [5, 5.41) is 15.9. The van der Waals surface area contributed by atoms with Gasteiger partial charge in [-0.3, -0.25) is 4.79 Å². The number of carbonyl (C=O) groups excluding carboxylic acids is 1. The Hall–Kier alpha value is -2.15. The Bertz CT molecular complexity index is 730. The zero-order chi connectivity index (χ0) is 18.9. The van der Waals surface area contributed by atoms with Crippen LogP contribution in [-0.4, -0.2) is 30.5 Å². The van der Waals surface area contributed by atoms with Gasteiger partial charge in [0.05, 0.1) is 6.61 Å². The molecule has 2 N–H and O–H groups in total. The summed E-state index contributed by atoms with van der Waals surface area (Å²) in [4.78, 5) is 12.6. The Balaban J connectivity index is 1.63. The topological polar surface area (TPSA) is 67.8 Å². The van der Waals surface area contributed by atoms with Gasteiger partial charge in [0, 0.05) is 25.5 Å². The lowest BCUT2D eigenvalue weighted by Crippen LogP contribution is -2.32. The first-order valence-corrected chi connectivity index (χ1v) is 10.2. The van der Waals surface area contributed by atoms with E-state index in [1.54, 1.807) is 11.3 Å². The van der Waals surface area contributed by atoms with Crippen molar-refractivity contribution < 1.29 is 19.4 Å². The quantitative estimate of drug-likeness (QED) is 0.646. The number of amides is 1. The molecule has 1 aromatic heterocycles. The second kappa shape index (κ2) is 10.3. The van der Waals surface area contributed by atoms with Crippen LogP contribution in [0.1, 0.15) is 36.3 Å². The molecule has 0 aliphatic carbocycles. The van der Waals surface area contributed by atoms with Crippen LogP contribution in [0.15, 0.2) is 59.0 Å². The van der Waals surface area contributed by atoms with E-state index in [0.717, 1.165) is 12.0 Å². The van der Waals surface area contributed by atoms with Gasteiger partial charge < -0.3 is 19.9 Å². The summed E-state index contributed by atoms with van der Waals surface area (Å²) in [7, 11) is 0. The van der Waals surface area contributed by atoms with Crippen molar-refractivity contribution in [3.8, 4) is 0 Å². The van der Waals surface area contributed by atoms with E-state index in [-0.39, 0.29) is 18.4 Å². The number of rotatable bonds is 9. The number of hydrogen-bond acceptors (Lipinski definition) is 5. The molecule has 1 aliphatic rings. The van der Waals surface area contributed by atoms with Crippen molar-refractivity contribution in [2.45, 2.75) is 38.0 Å². The van der Waals surface area contributed by atoms with Crippen LogP contribution >= 0.6 is 11.3 Å². The lowest BCUT2D eigenvalue weighted by atomic mass is 9.95. The molecule has 1 aliphatic heterocycles. The SMILES string of the molecule is O=C(NCc1ccccc1)C1=C[C@@H](c2ccsc2)C[C@@H](OCCCCO)O1. The number of unbranched alkanes of at least 4 members (excludes halogenated alkanes) is 1. The molecule has 0 saturated heterocycles. The third-order valence-electron chi connectivity index (χ3n) is 4.40. The summed E-state index contributed by atoms with van der Waals surface area (Å²) in [6.45, 7) is 1.10. The monoisotopic (exact) mass is 387 g/mol. The maximum atomic E-state index is 12.6. The minimum absolute atomic E-state index is 0.0883. The number of ether oxygens (including phenoxy) is 2. The standard InChI is InChI=1S/C21H25NO4S/c23-9-4-5-10-25-20-13-18(17-8-11-27-15-17)12-19(26-20)21(24)22-14-16-6-2-1-3-7-16/h1-3,6-8,11-12,15,18,20,23H,4-5,9-10,13-14H2,(H,22,24)/t18-,20+/m1/s1. The molecule has 2 aromatic rings. The van der Waals surface area contributed by atoms with Gasteiger partial charge in [0.25, 0.3) is 5.91 Å². The van der Waals surface area contributed by atoms with Gasteiger partial charge in [0.1, 0.15) is 0 Å². The van der Waals surface area contributed by atoms with Crippen molar-refractivity contribution in [2.75, 3.05) is 13.2 Å². The van der Waals surface area contributed by atoms with E-state index in [4.69, 9.17) is 14.6 Å². The Labute approximate surface area is 163 Å². The molecule has 2 atom stereocenters. The summed E-state index contributed by atoms with van der Waals surface area (Å²) in [6, 6.07) is 11.8. The molecule has 1 amide bonds. The predicted molar refractivity (Wildman–Crippen MR) is 105 cm³/mol. The van der Waals surface area contributed by atoms with Gasteiger partial charge in [-0.2, -0.15) is 11.3 Å². The molecule has 0 unspecified atom stereocenters. The van der Waals surface area contributed by atoms with E-state index >= 15 is 0 Å². The maximum absolute atomic E-state index is 12.6. The summed E-state index contributed by atoms with van der Waals surface area (Å²) >= 11 is 1.64. The average molecular weight is 388 g/mol. The molecular formula is C21H25NO4S. The van der Waals surface area contributed by atoms with Crippen molar-refractivity contribution >= 4 is 17.2 Å². The summed E-state index contributed by atoms with van der Waals surface area (Å²) in [6.07, 6.45) is 3.55. The number of allylic oxidation sites excluding steroid dienone is 1. The first-order chi connectivity index (χ1) is 13.3. The largest absolute Gasteiger partial charge is 0.459 e. The smallest absolute Gasteiger partial charge is 0.286 e. The fourth-order valence-electron chi connectivity index (χ4n) is 2.93. The molecular weight excluding hydrogens is 362 g/mol. The van der Waals surface area contributed by atoms with Crippen LogP contribution in [0, 0.1) is 0 Å². The van der Waals surface area contributed by atoms with Crippen LogP contribution in [0.2, 0.25) is 0 Å². The molecule has 0 fully saturated rings. The van der Waals surface area contributed by atoms with Crippen molar-refractivity contribution in [2.24, 2.45) is 0 Å². The van der Waals surface area contributed by atoms with E-state index in [1.165, 1.54) is 5.56 Å². The lowest BCUT2D eigenvalue weighted by Gasteiger charge is -2.29. The van der Waals surface area contributed by atoms with Crippen molar-refractivity contribution in [1.29, 1.82) is 0 Å². The van der Waals surface area contributed by atoms with Gasteiger partial charge in [-0.25, -0.2) is 0 Å². The number of benzene rings is 1. The minimum Gasteiger partial charge on any atom is -0.459 e. The Kier molecular flexibility index (Phi) is 7.45. The second-order valence-corrected chi connectivity index (χ2v) is 7.23. The highest BCUT2D eigenvalue weighted by molar-refractivity contribution is 7.08. The molecule has 0 spiro atoms. The van der Waals surface area contributed by atoms with Crippen LogP contribution in [0.5, 0.6) is 0 Å². The van der Waals surface area contributed by atoms with Gasteiger partial charge in [0.2, 0.25) is 6.29 Å². The number of thiophene rings is 1. The van der Waals surface area contributed by atoms with E-state index in [0.29, 0.717) is 31.8 Å². The zero-order valence-corrected chi connectivity index (χ0v) is 16.0. The number of hydrogen-bond donors (Lipinski definition) is 2. The molecule has 5 nitrogen and oxygen atoms in total. The summed E-state index contributed by atoms with van der Waals surface area (Å²) < 4.78 is 11.6. The Morgan fingerprint density at radius 3 is 2.85 bits per heavy atom. The molecule has 27 heavy (non-hydrogen) atoms. The molecule has 2 heterocycles. The summed E-state index contributed by atoms with van der Waals surface area (Å²) in [5.41, 5.74) is 2.20. The first-order valence-electron chi connectivity index (χ1n) is 9.21. The molecule has 3 rings (SSSR count). The van der Waals surface area contributed by atoms with Crippen LogP contribution in [0.25, 0.3) is 0 Å². The lowest BCUT2D eigenvalue weighted by molar-refractivity contribution is -0.146.